The summed E-state index contributed by atoms with van der Waals surface area (Å²) in [6.07, 6.45) is 2.34. The maximum absolute atomic E-state index is 10.7. The summed E-state index contributed by atoms with van der Waals surface area (Å²) < 4.78 is 0. The fraction of sp³-hybridized carbons (Fsp3) is 0.500. The summed E-state index contributed by atoms with van der Waals surface area (Å²) in [5.41, 5.74) is 11.4. The van der Waals surface area contributed by atoms with Crippen molar-refractivity contribution in [3.63, 3.8) is 0 Å². The van der Waals surface area contributed by atoms with Crippen LogP contribution in [0.2, 0.25) is 0 Å². The summed E-state index contributed by atoms with van der Waals surface area (Å²) in [4.78, 5) is 16.8. The molecule has 0 amide bonds. The lowest BCUT2D eigenvalue weighted by atomic mass is 10.0. The summed E-state index contributed by atoms with van der Waals surface area (Å²) in [5, 5.41) is 0. The molecule has 0 spiro atoms. The molecule has 0 radical (unpaired) electrons. The Morgan fingerprint density at radius 2 is 2.38 bits per heavy atom. The molecular formula is C8H14N4O. The first-order valence-electron chi connectivity index (χ1n) is 4.17. The molecule has 1 aromatic heterocycles. The maximum atomic E-state index is 10.7. The van der Waals surface area contributed by atoms with E-state index >= 15 is 0 Å². The highest BCUT2D eigenvalue weighted by Gasteiger charge is 2.05. The van der Waals surface area contributed by atoms with E-state index in [0.29, 0.717) is 18.3 Å². The smallest absolute Gasteiger partial charge is 0.346 e. The quantitative estimate of drug-likeness (QED) is 0.586. The Hall–Kier alpha value is -1.36. The molecule has 5 N–H and O–H groups in total. The van der Waals surface area contributed by atoms with Crippen molar-refractivity contribution in [1.82, 2.24) is 9.97 Å². The number of hydrogen-bond acceptors (Lipinski definition) is 4. The number of nitrogen functional groups attached to an aromatic ring is 1. The van der Waals surface area contributed by atoms with Crippen LogP contribution >= 0.6 is 0 Å². The Balaban J connectivity index is 2.83. The lowest BCUT2D eigenvalue weighted by Gasteiger charge is -2.08. The van der Waals surface area contributed by atoms with Gasteiger partial charge < -0.3 is 16.5 Å². The second-order valence-corrected chi connectivity index (χ2v) is 3.16. The first-order valence-corrected chi connectivity index (χ1v) is 4.17. The number of nitrogens with two attached hydrogens (primary N) is 2. The van der Waals surface area contributed by atoms with Crippen molar-refractivity contribution < 1.29 is 0 Å². The molecular weight excluding hydrogens is 168 g/mol. The normalized spacial score (nSPS) is 12.8. The van der Waals surface area contributed by atoms with Gasteiger partial charge in [0.1, 0.15) is 5.82 Å². The van der Waals surface area contributed by atoms with E-state index in [4.69, 9.17) is 11.5 Å². The highest BCUT2D eigenvalue weighted by Crippen LogP contribution is 2.09. The minimum Gasteiger partial charge on any atom is -0.383 e. The van der Waals surface area contributed by atoms with E-state index < -0.39 is 5.69 Å². The predicted octanol–water partition coefficient (Wildman–Crippen LogP) is -0.511. The Morgan fingerprint density at radius 1 is 1.69 bits per heavy atom. The van der Waals surface area contributed by atoms with Crippen molar-refractivity contribution in [1.29, 1.82) is 0 Å². The number of aromatic nitrogens is 2. The monoisotopic (exact) mass is 182 g/mol. The lowest BCUT2D eigenvalue weighted by molar-refractivity contribution is 0.591. The summed E-state index contributed by atoms with van der Waals surface area (Å²) >= 11 is 0. The fourth-order valence-electron chi connectivity index (χ4n) is 1.06. The predicted molar refractivity (Wildman–Crippen MR) is 51.2 cm³/mol. The molecule has 1 aromatic rings. The minimum atomic E-state index is -0.415. The molecule has 0 saturated carbocycles. The average Bonchev–Trinajstić information content (AvgIpc) is 2.09. The van der Waals surface area contributed by atoms with Crippen molar-refractivity contribution in [2.75, 3.05) is 12.3 Å². The lowest BCUT2D eigenvalue weighted by Crippen LogP contribution is -2.18. The van der Waals surface area contributed by atoms with Crippen LogP contribution in [0.5, 0.6) is 0 Å². The zero-order valence-corrected chi connectivity index (χ0v) is 7.58. The van der Waals surface area contributed by atoms with E-state index in [0.717, 1.165) is 12.0 Å². The fourth-order valence-corrected chi connectivity index (χ4v) is 1.06. The third-order valence-corrected chi connectivity index (χ3v) is 1.89. The van der Waals surface area contributed by atoms with Gasteiger partial charge in [0.2, 0.25) is 0 Å². The van der Waals surface area contributed by atoms with Gasteiger partial charge in [0.15, 0.2) is 0 Å². The first kappa shape index (κ1) is 9.73. The molecule has 5 heteroatoms. The second kappa shape index (κ2) is 4.04. The van der Waals surface area contributed by atoms with Gasteiger partial charge in [-0.05, 0) is 18.9 Å². The van der Waals surface area contributed by atoms with Crippen molar-refractivity contribution >= 4 is 5.82 Å². The van der Waals surface area contributed by atoms with E-state index in [1.807, 2.05) is 6.92 Å². The van der Waals surface area contributed by atoms with Crippen LogP contribution in [0.4, 0.5) is 5.82 Å². The molecule has 1 heterocycles. The van der Waals surface area contributed by atoms with Gasteiger partial charge >= 0.3 is 5.69 Å². The number of aromatic amines is 1. The molecule has 1 unspecified atom stereocenters. The van der Waals surface area contributed by atoms with Crippen molar-refractivity contribution in [3.05, 3.63) is 22.2 Å². The second-order valence-electron chi connectivity index (χ2n) is 3.16. The molecule has 5 nitrogen and oxygen atoms in total. The topological polar surface area (TPSA) is 97.8 Å². The van der Waals surface area contributed by atoms with Crippen LogP contribution in [0.25, 0.3) is 0 Å². The SMILES string of the molecule is CC(CN)Cc1c[nH]c(=O)nc1N. The summed E-state index contributed by atoms with van der Waals surface area (Å²) in [7, 11) is 0. The molecule has 0 aliphatic rings. The van der Waals surface area contributed by atoms with E-state index in [9.17, 15) is 4.79 Å². The van der Waals surface area contributed by atoms with Crippen LogP contribution in [0.3, 0.4) is 0 Å². The van der Waals surface area contributed by atoms with Crippen LogP contribution in [0.15, 0.2) is 11.0 Å². The van der Waals surface area contributed by atoms with Crippen LogP contribution < -0.4 is 17.2 Å². The van der Waals surface area contributed by atoms with E-state index in [2.05, 4.69) is 9.97 Å². The third-order valence-electron chi connectivity index (χ3n) is 1.89. The van der Waals surface area contributed by atoms with Gasteiger partial charge in [0.05, 0.1) is 0 Å². The summed E-state index contributed by atoms with van der Waals surface area (Å²) in [6, 6.07) is 0. The van der Waals surface area contributed by atoms with Crippen LogP contribution in [0, 0.1) is 5.92 Å². The molecule has 13 heavy (non-hydrogen) atoms. The Morgan fingerprint density at radius 3 is 2.92 bits per heavy atom. The Kier molecular flexibility index (Phi) is 3.02. The molecule has 1 rings (SSSR count). The molecule has 1 atom stereocenters. The maximum Gasteiger partial charge on any atom is 0.346 e. The molecule has 0 saturated heterocycles. The van der Waals surface area contributed by atoms with Gasteiger partial charge in [-0.25, -0.2) is 4.79 Å². The van der Waals surface area contributed by atoms with Gasteiger partial charge in [-0.15, -0.1) is 0 Å². The van der Waals surface area contributed by atoms with Crippen LogP contribution in [-0.2, 0) is 6.42 Å². The van der Waals surface area contributed by atoms with Gasteiger partial charge in [0, 0.05) is 11.8 Å². The molecule has 0 aliphatic heterocycles. The summed E-state index contributed by atoms with van der Waals surface area (Å²) in [5.74, 6) is 0.638. The van der Waals surface area contributed by atoms with Gasteiger partial charge in [-0.1, -0.05) is 6.92 Å². The van der Waals surface area contributed by atoms with Crippen LogP contribution in [-0.4, -0.2) is 16.5 Å². The molecule has 0 aliphatic carbocycles. The van der Waals surface area contributed by atoms with Gasteiger partial charge in [-0.3, -0.25) is 0 Å². The highest BCUT2D eigenvalue weighted by atomic mass is 16.1. The minimum absolute atomic E-state index is 0.295. The number of rotatable bonds is 3. The number of anilines is 1. The standard InChI is InChI=1S/C8H14N4O/c1-5(3-9)2-6-4-11-8(13)12-7(6)10/h4-5H,2-3,9H2,1H3,(H3,10,11,12,13). The zero-order valence-electron chi connectivity index (χ0n) is 7.58. The number of hydrogen-bond donors (Lipinski definition) is 3. The summed E-state index contributed by atoms with van der Waals surface area (Å²) in [6.45, 7) is 2.61. The number of nitrogens with zero attached hydrogens (tertiary/aromatic N) is 1. The van der Waals surface area contributed by atoms with Gasteiger partial charge in [-0.2, -0.15) is 4.98 Å². The van der Waals surface area contributed by atoms with Crippen molar-refractivity contribution in [2.45, 2.75) is 13.3 Å². The molecule has 0 bridgehead atoms. The first-order chi connectivity index (χ1) is 6.13. The van der Waals surface area contributed by atoms with Crippen molar-refractivity contribution in [2.24, 2.45) is 11.7 Å². The number of H-pyrrole nitrogens is 1. The third kappa shape index (κ3) is 2.55. The Labute approximate surface area is 76.2 Å². The largest absolute Gasteiger partial charge is 0.383 e. The van der Waals surface area contributed by atoms with E-state index in [-0.39, 0.29) is 0 Å². The highest BCUT2D eigenvalue weighted by molar-refractivity contribution is 5.36. The average molecular weight is 182 g/mol. The number of nitrogens with one attached hydrogen (secondary N) is 1. The van der Waals surface area contributed by atoms with Gasteiger partial charge in [0.25, 0.3) is 0 Å². The molecule has 0 aromatic carbocycles. The Bertz CT molecular complexity index is 333. The van der Waals surface area contributed by atoms with E-state index in [1.54, 1.807) is 6.20 Å². The zero-order chi connectivity index (χ0) is 9.84. The van der Waals surface area contributed by atoms with Crippen LogP contribution in [0.1, 0.15) is 12.5 Å². The van der Waals surface area contributed by atoms with E-state index in [1.165, 1.54) is 0 Å². The molecule has 72 valence electrons. The molecule has 0 fully saturated rings. The van der Waals surface area contributed by atoms with Crippen molar-refractivity contribution in [3.8, 4) is 0 Å².